The fourth-order valence-corrected chi connectivity index (χ4v) is 3.84. The van der Waals surface area contributed by atoms with Gasteiger partial charge in [-0.1, -0.05) is 29.8 Å². The van der Waals surface area contributed by atoms with Crippen molar-refractivity contribution >= 4 is 35.2 Å². The zero-order chi connectivity index (χ0) is 25.9. The molecule has 0 aliphatic heterocycles. The van der Waals surface area contributed by atoms with Crippen LogP contribution in [0.4, 0.5) is 11.4 Å². The van der Waals surface area contributed by atoms with Crippen molar-refractivity contribution in [3.05, 3.63) is 89.0 Å². The van der Waals surface area contributed by atoms with Crippen LogP contribution in [0.3, 0.4) is 0 Å². The number of anilines is 2. The van der Waals surface area contributed by atoms with Crippen molar-refractivity contribution in [2.24, 2.45) is 0 Å². The van der Waals surface area contributed by atoms with Gasteiger partial charge in [0.1, 0.15) is 23.0 Å². The van der Waals surface area contributed by atoms with E-state index in [-0.39, 0.29) is 5.78 Å². The second kappa shape index (κ2) is 13.2. The first kappa shape index (κ1) is 26.6. The van der Waals surface area contributed by atoms with E-state index >= 15 is 0 Å². The molecule has 188 valence electrons. The summed E-state index contributed by atoms with van der Waals surface area (Å²) in [6.45, 7) is 1.99. The van der Waals surface area contributed by atoms with Crippen molar-refractivity contribution in [3.63, 3.8) is 0 Å². The number of methoxy groups -OCH3 is 4. The highest BCUT2D eigenvalue weighted by Crippen LogP contribution is 2.36. The molecule has 3 aromatic carbocycles. The Bertz CT molecular complexity index is 1210. The molecule has 36 heavy (non-hydrogen) atoms. The molecule has 0 aliphatic rings. The Labute approximate surface area is 216 Å². The van der Waals surface area contributed by atoms with E-state index < -0.39 is 0 Å². The van der Waals surface area contributed by atoms with E-state index in [9.17, 15) is 4.79 Å². The quantitative estimate of drug-likeness (QED) is 0.162. The molecule has 0 fully saturated rings. The van der Waals surface area contributed by atoms with Crippen LogP contribution in [-0.4, -0.2) is 34.2 Å². The van der Waals surface area contributed by atoms with E-state index in [1.807, 2.05) is 60.9 Å². The van der Waals surface area contributed by atoms with Crippen molar-refractivity contribution < 1.29 is 23.7 Å². The number of aryl methyl sites for hydroxylation is 1. The molecule has 0 aliphatic carbocycles. The minimum atomic E-state index is -0.0826. The SMILES string of the molecule is COc1cc(OC)c(/C=C/SNc2ccc(OC)c(N/C=C/C(=O)c3ccc(C)cc3)c2)c(OC)c1. The van der Waals surface area contributed by atoms with Crippen LogP contribution in [0.15, 0.2) is 72.3 Å². The first-order valence-electron chi connectivity index (χ1n) is 11.1. The Morgan fingerprint density at radius 2 is 1.50 bits per heavy atom. The monoisotopic (exact) mass is 506 g/mol. The normalized spacial score (nSPS) is 10.9. The molecule has 0 bridgehead atoms. The molecule has 3 rings (SSSR count). The fourth-order valence-electron chi connectivity index (χ4n) is 3.31. The van der Waals surface area contributed by atoms with Gasteiger partial charge in [-0.25, -0.2) is 0 Å². The minimum Gasteiger partial charge on any atom is -0.496 e. The van der Waals surface area contributed by atoms with Crippen molar-refractivity contribution in [2.45, 2.75) is 6.92 Å². The largest absolute Gasteiger partial charge is 0.496 e. The summed E-state index contributed by atoms with van der Waals surface area (Å²) in [6.07, 6.45) is 5.01. The maximum Gasteiger partial charge on any atom is 0.187 e. The number of benzene rings is 3. The highest BCUT2D eigenvalue weighted by molar-refractivity contribution is 8.03. The maximum absolute atomic E-state index is 12.4. The van der Waals surface area contributed by atoms with Crippen molar-refractivity contribution in [1.29, 1.82) is 0 Å². The molecule has 8 heteroatoms. The predicted octanol–water partition coefficient (Wildman–Crippen LogP) is 6.57. The highest BCUT2D eigenvalue weighted by atomic mass is 32.2. The van der Waals surface area contributed by atoms with Crippen molar-refractivity contribution in [2.75, 3.05) is 38.5 Å². The summed E-state index contributed by atoms with van der Waals surface area (Å²) < 4.78 is 25.0. The summed E-state index contributed by atoms with van der Waals surface area (Å²) in [5.41, 5.74) is 4.11. The van der Waals surface area contributed by atoms with E-state index in [1.54, 1.807) is 46.8 Å². The van der Waals surface area contributed by atoms with Crippen molar-refractivity contribution in [3.8, 4) is 23.0 Å². The second-order valence-electron chi connectivity index (χ2n) is 7.59. The van der Waals surface area contributed by atoms with Gasteiger partial charge in [0.25, 0.3) is 0 Å². The van der Waals surface area contributed by atoms with Crippen molar-refractivity contribution in [1.82, 2.24) is 0 Å². The van der Waals surface area contributed by atoms with Crippen LogP contribution >= 0.6 is 11.9 Å². The number of ketones is 1. The van der Waals surface area contributed by atoms with Crippen LogP contribution in [0.25, 0.3) is 6.08 Å². The Kier molecular flexibility index (Phi) is 9.71. The van der Waals surface area contributed by atoms with Gasteiger partial charge in [-0.3, -0.25) is 4.79 Å². The first-order chi connectivity index (χ1) is 17.5. The number of ether oxygens (including phenoxy) is 4. The van der Waals surface area contributed by atoms with Gasteiger partial charge in [0.2, 0.25) is 0 Å². The van der Waals surface area contributed by atoms with Gasteiger partial charge in [-0.15, -0.1) is 0 Å². The van der Waals surface area contributed by atoms with Gasteiger partial charge in [0.15, 0.2) is 5.78 Å². The van der Waals surface area contributed by atoms with Crippen LogP contribution in [0.2, 0.25) is 0 Å². The lowest BCUT2D eigenvalue weighted by Crippen LogP contribution is -1.98. The summed E-state index contributed by atoms with van der Waals surface area (Å²) >= 11 is 1.39. The van der Waals surface area contributed by atoms with E-state index in [4.69, 9.17) is 18.9 Å². The van der Waals surface area contributed by atoms with Gasteiger partial charge in [0.05, 0.1) is 39.7 Å². The number of hydrogen-bond donors (Lipinski definition) is 2. The van der Waals surface area contributed by atoms with Gasteiger partial charge in [-0.2, -0.15) is 0 Å². The van der Waals surface area contributed by atoms with E-state index in [2.05, 4.69) is 10.0 Å². The third kappa shape index (κ3) is 6.99. The predicted molar refractivity (Wildman–Crippen MR) is 148 cm³/mol. The summed E-state index contributed by atoms with van der Waals surface area (Å²) in [5.74, 6) is 2.51. The minimum absolute atomic E-state index is 0.0826. The Hall–Kier alpha value is -4.04. The number of allylic oxidation sites excluding steroid dienone is 1. The molecule has 0 aromatic heterocycles. The Morgan fingerprint density at radius 3 is 2.11 bits per heavy atom. The molecule has 7 nitrogen and oxygen atoms in total. The van der Waals surface area contributed by atoms with E-state index in [0.717, 1.165) is 22.5 Å². The zero-order valence-corrected chi connectivity index (χ0v) is 21.8. The summed E-state index contributed by atoms with van der Waals surface area (Å²) in [5, 5.41) is 5.03. The fraction of sp³-hybridized carbons (Fsp3) is 0.179. The number of carbonyl (C=O) groups excluding carboxylic acids is 1. The maximum atomic E-state index is 12.4. The Morgan fingerprint density at radius 1 is 0.833 bits per heavy atom. The molecule has 0 radical (unpaired) electrons. The topological polar surface area (TPSA) is 78.0 Å². The second-order valence-corrected chi connectivity index (χ2v) is 8.30. The first-order valence-corrected chi connectivity index (χ1v) is 12.0. The smallest absolute Gasteiger partial charge is 0.187 e. The Balaban J connectivity index is 1.66. The average Bonchev–Trinajstić information content (AvgIpc) is 2.91. The number of rotatable bonds is 12. The van der Waals surface area contributed by atoms with E-state index in [0.29, 0.717) is 28.6 Å². The number of nitrogens with one attached hydrogen (secondary N) is 2. The molecular weight excluding hydrogens is 476 g/mol. The molecule has 0 unspecified atom stereocenters. The summed E-state index contributed by atoms with van der Waals surface area (Å²) in [4.78, 5) is 12.4. The molecule has 2 N–H and O–H groups in total. The van der Waals surface area contributed by atoms with Gasteiger partial charge in [-0.05, 0) is 48.6 Å². The highest BCUT2D eigenvalue weighted by Gasteiger charge is 2.11. The lowest BCUT2D eigenvalue weighted by Gasteiger charge is -2.13. The third-order valence-electron chi connectivity index (χ3n) is 5.24. The van der Waals surface area contributed by atoms with E-state index in [1.165, 1.54) is 18.0 Å². The summed E-state index contributed by atoms with van der Waals surface area (Å²) in [7, 11) is 6.40. The summed E-state index contributed by atoms with van der Waals surface area (Å²) in [6, 6.07) is 16.7. The molecule has 0 heterocycles. The third-order valence-corrected chi connectivity index (χ3v) is 5.87. The van der Waals surface area contributed by atoms with Gasteiger partial charge >= 0.3 is 0 Å². The standard InChI is InChI=1S/C28H30N2O5S/c1-19-6-8-20(9-7-19)25(31)12-14-29-24-16-21(10-11-26(24)33-3)30-36-15-13-23-27(34-4)17-22(32-2)18-28(23)35-5/h6-18,29-30H,1-5H3/b14-12+,15-13+. The molecule has 3 aromatic rings. The van der Waals surface area contributed by atoms with Crippen LogP contribution in [0, 0.1) is 6.92 Å². The molecule has 0 saturated heterocycles. The zero-order valence-electron chi connectivity index (χ0n) is 21.0. The van der Waals surface area contributed by atoms with Crippen LogP contribution in [-0.2, 0) is 0 Å². The van der Waals surface area contributed by atoms with Crippen LogP contribution in [0.5, 0.6) is 23.0 Å². The van der Waals surface area contributed by atoms with Crippen LogP contribution < -0.4 is 29.0 Å². The van der Waals surface area contributed by atoms with Gasteiger partial charge < -0.3 is 29.0 Å². The molecule has 0 amide bonds. The molecule has 0 spiro atoms. The van der Waals surface area contributed by atoms with Gasteiger partial charge in [0, 0.05) is 35.7 Å². The number of carbonyl (C=O) groups is 1. The molecule has 0 atom stereocenters. The lowest BCUT2D eigenvalue weighted by molar-refractivity contribution is 0.104. The molecule has 0 saturated carbocycles. The average molecular weight is 507 g/mol. The molecular formula is C28H30N2O5S. The number of hydrogen-bond acceptors (Lipinski definition) is 8. The lowest BCUT2D eigenvalue weighted by atomic mass is 10.1. The van der Waals surface area contributed by atoms with Crippen LogP contribution in [0.1, 0.15) is 21.5 Å².